The van der Waals surface area contributed by atoms with Crippen LogP contribution in [-0.4, -0.2) is 62.7 Å². The van der Waals surface area contributed by atoms with Gasteiger partial charge >= 0.3 is 18.0 Å². The molecule has 0 radical (unpaired) electrons. The number of hydrogen-bond donors (Lipinski definition) is 5. The van der Waals surface area contributed by atoms with Crippen molar-refractivity contribution < 1.29 is 48.3 Å². The molecule has 1 fully saturated rings. The van der Waals surface area contributed by atoms with Gasteiger partial charge in [0.15, 0.2) is 0 Å². The summed E-state index contributed by atoms with van der Waals surface area (Å²) in [5.41, 5.74) is 3.31. The maximum absolute atomic E-state index is 13.5. The molecule has 3 atom stereocenters. The van der Waals surface area contributed by atoms with Crippen molar-refractivity contribution in [3.8, 4) is 22.6 Å². The highest BCUT2D eigenvalue weighted by molar-refractivity contribution is 7.94. The van der Waals surface area contributed by atoms with Crippen LogP contribution in [0.3, 0.4) is 0 Å². The number of alkyl carbamates (subject to hydrolysis) is 1. The van der Waals surface area contributed by atoms with Crippen molar-refractivity contribution in [3.63, 3.8) is 0 Å². The molecule has 1 saturated heterocycles. The molecule has 1 aliphatic heterocycles. The standard InChI is InChI=1S/C37H37N3O10S/c41-30-14-9-15-31(34(30)36(44)45)49-19-8-7-18-38-35(43)29(39-37(46)50-23-24-10-3-1-4-11-24)21-25-16-17-27(32-22-33(42)40(47,48)51-32)28(20-25)26-12-5-2-6-13-26/h1-6,9-17,20,29,32,41,47H,7-8,18-19,21-23H2,(H,38,43)(H,39,46)(H,44,45)/t29-,32?/m0/s1. The Bertz CT molecular complexity index is 1860. The minimum absolute atomic E-state index is 0.000999. The lowest BCUT2D eigenvalue weighted by Crippen LogP contribution is -2.48. The van der Waals surface area contributed by atoms with E-state index in [0.717, 1.165) is 11.1 Å². The third-order valence-electron chi connectivity index (χ3n) is 8.10. The van der Waals surface area contributed by atoms with Gasteiger partial charge in [0.25, 0.3) is 0 Å². The maximum atomic E-state index is 13.5. The van der Waals surface area contributed by atoms with E-state index >= 15 is 0 Å². The van der Waals surface area contributed by atoms with Crippen LogP contribution in [0.5, 0.6) is 11.5 Å². The number of benzene rings is 4. The lowest BCUT2D eigenvalue weighted by Gasteiger charge is -2.23. The number of quaternary nitrogens is 1. The van der Waals surface area contributed by atoms with Crippen molar-refractivity contribution in [3.05, 3.63) is 125 Å². The number of aromatic carboxylic acids is 1. The summed E-state index contributed by atoms with van der Waals surface area (Å²) in [5, 5.41) is 46.3. The number of hydrogen-bond acceptors (Lipinski definition) is 10. The van der Waals surface area contributed by atoms with E-state index in [-0.39, 0.29) is 43.9 Å². The summed E-state index contributed by atoms with van der Waals surface area (Å²) in [6.45, 7) is 0.358. The minimum atomic E-state index is -2.01. The smallest absolute Gasteiger partial charge is 0.408 e. The van der Waals surface area contributed by atoms with Crippen molar-refractivity contribution in [2.24, 2.45) is 0 Å². The number of aromatic hydroxyl groups is 1. The predicted molar refractivity (Wildman–Crippen MR) is 187 cm³/mol. The first-order valence-electron chi connectivity index (χ1n) is 16.2. The quantitative estimate of drug-likeness (QED) is 0.0324. The molecule has 1 aliphatic rings. The third kappa shape index (κ3) is 9.86. The molecule has 0 saturated carbocycles. The Labute approximate surface area is 298 Å². The first-order valence-corrected chi connectivity index (χ1v) is 17.0. The Kier molecular flexibility index (Phi) is 12.3. The van der Waals surface area contributed by atoms with E-state index in [1.807, 2.05) is 54.6 Å². The number of hydroxylamine groups is 2. The number of carboxylic acid groups (broad SMARTS) is 1. The Balaban J connectivity index is 1.27. The van der Waals surface area contributed by atoms with Crippen molar-refractivity contribution in [1.29, 1.82) is 0 Å². The van der Waals surface area contributed by atoms with E-state index in [1.165, 1.54) is 18.2 Å². The lowest BCUT2D eigenvalue weighted by atomic mass is 9.92. The van der Waals surface area contributed by atoms with E-state index in [2.05, 4.69) is 10.6 Å². The maximum Gasteiger partial charge on any atom is 0.408 e. The molecule has 13 nitrogen and oxygen atoms in total. The molecular formula is C37H37N3O10S. The fourth-order valence-corrected chi connectivity index (χ4v) is 6.61. The lowest BCUT2D eigenvalue weighted by molar-refractivity contribution is -0.880. The second-order valence-electron chi connectivity index (χ2n) is 11.8. The monoisotopic (exact) mass is 715 g/mol. The zero-order valence-electron chi connectivity index (χ0n) is 27.4. The van der Waals surface area contributed by atoms with Crippen LogP contribution in [0.2, 0.25) is 0 Å². The molecule has 3 amide bonds. The number of carboxylic acids is 1. The Morgan fingerprint density at radius 3 is 2.35 bits per heavy atom. The molecule has 1 heterocycles. The topological polar surface area (TPSA) is 195 Å². The highest BCUT2D eigenvalue weighted by Gasteiger charge is 2.44. The number of rotatable bonds is 15. The van der Waals surface area contributed by atoms with Gasteiger partial charge in [-0.05, 0) is 52.8 Å². The van der Waals surface area contributed by atoms with Crippen molar-refractivity contribution >= 4 is 35.8 Å². The molecule has 4 aromatic rings. The highest BCUT2D eigenvalue weighted by Crippen LogP contribution is 2.48. The Hall–Kier alpha value is -5.41. The first kappa shape index (κ1) is 36.9. The van der Waals surface area contributed by atoms with E-state index < -0.39 is 45.1 Å². The summed E-state index contributed by atoms with van der Waals surface area (Å²) in [7, 11) is 0. The van der Waals surface area contributed by atoms with Crippen LogP contribution in [-0.2, 0) is 27.4 Å². The number of ether oxygens (including phenoxy) is 2. The molecule has 4 aromatic carbocycles. The van der Waals surface area contributed by atoms with Gasteiger partial charge in [-0.3, -0.25) is 4.79 Å². The molecule has 51 heavy (non-hydrogen) atoms. The van der Waals surface area contributed by atoms with Gasteiger partial charge in [-0.1, -0.05) is 89.1 Å². The Morgan fingerprint density at radius 2 is 1.67 bits per heavy atom. The van der Waals surface area contributed by atoms with E-state index in [4.69, 9.17) is 9.47 Å². The van der Waals surface area contributed by atoms with Gasteiger partial charge in [-0.15, -0.1) is 0 Å². The van der Waals surface area contributed by atoms with Crippen molar-refractivity contribution in [2.75, 3.05) is 13.2 Å². The van der Waals surface area contributed by atoms with Gasteiger partial charge in [0, 0.05) is 13.0 Å². The van der Waals surface area contributed by atoms with Crippen LogP contribution in [0.4, 0.5) is 4.79 Å². The molecule has 266 valence electrons. The van der Waals surface area contributed by atoms with E-state index in [0.29, 0.717) is 41.5 Å². The van der Waals surface area contributed by atoms with E-state index in [9.17, 15) is 39.8 Å². The molecule has 0 bridgehead atoms. The number of phenols is 1. The second kappa shape index (κ2) is 17.0. The van der Waals surface area contributed by atoms with Gasteiger partial charge in [-0.25, -0.2) is 14.4 Å². The SMILES string of the molecule is O=C(N[C@@H](Cc1ccc(C2CC(=O)[N+]([O-])(O)S2)c(-c2ccccc2)c1)C(=O)NCCCCOc1cccc(O)c1C(=O)O)OCc1ccccc1. The molecule has 2 unspecified atom stereocenters. The average molecular weight is 716 g/mol. The molecule has 0 aromatic heterocycles. The van der Waals surface area contributed by atoms with Crippen LogP contribution in [0.15, 0.2) is 97.1 Å². The molecule has 0 spiro atoms. The number of nitrogens with zero attached hydrogens (tertiary/aromatic N) is 1. The zero-order chi connectivity index (χ0) is 36.4. The molecule has 14 heteroatoms. The fourth-order valence-electron chi connectivity index (χ4n) is 5.54. The third-order valence-corrected chi connectivity index (χ3v) is 9.27. The van der Waals surface area contributed by atoms with Gasteiger partial charge in [0.2, 0.25) is 5.91 Å². The number of amides is 3. The summed E-state index contributed by atoms with van der Waals surface area (Å²) in [6.07, 6.45) is 0.0494. The van der Waals surface area contributed by atoms with Crippen LogP contribution >= 0.6 is 11.9 Å². The molecule has 5 N–H and O–H groups in total. The predicted octanol–water partition coefficient (Wildman–Crippen LogP) is 5.89. The van der Waals surface area contributed by atoms with Crippen molar-refractivity contribution in [1.82, 2.24) is 10.6 Å². The van der Waals surface area contributed by atoms with Gasteiger partial charge in [0.1, 0.15) is 46.9 Å². The first-order chi connectivity index (χ1) is 24.5. The second-order valence-corrected chi connectivity index (χ2v) is 13.0. The molecule has 0 aliphatic carbocycles. The summed E-state index contributed by atoms with van der Waals surface area (Å²) in [4.78, 5) is 50.1. The normalized spacial score (nSPS) is 17.4. The van der Waals surface area contributed by atoms with Crippen molar-refractivity contribution in [2.45, 2.75) is 43.6 Å². The number of unbranched alkanes of at least 4 members (excludes halogenated alkanes) is 1. The summed E-state index contributed by atoms with van der Waals surface area (Å²) in [5.74, 6) is -3.00. The van der Waals surface area contributed by atoms with Gasteiger partial charge in [0.05, 0.1) is 13.0 Å². The van der Waals surface area contributed by atoms with Crippen LogP contribution in [0.1, 0.15) is 51.6 Å². The summed E-state index contributed by atoms with van der Waals surface area (Å²) < 4.78 is 8.94. The summed E-state index contributed by atoms with van der Waals surface area (Å²) in [6, 6.07) is 26.9. The highest BCUT2D eigenvalue weighted by atomic mass is 32.2. The fraction of sp³-hybridized carbons (Fsp3) is 0.243. The number of nitrogens with one attached hydrogen (secondary N) is 2. The largest absolute Gasteiger partial charge is 0.579 e. The van der Waals surface area contributed by atoms with Crippen LogP contribution < -0.4 is 15.4 Å². The number of carbonyl (C=O) groups excluding carboxylic acids is 3. The summed E-state index contributed by atoms with van der Waals surface area (Å²) >= 11 is 0.594. The zero-order valence-corrected chi connectivity index (χ0v) is 28.2. The van der Waals surface area contributed by atoms with E-state index in [1.54, 1.807) is 24.3 Å². The molecule has 5 rings (SSSR count). The van der Waals surface area contributed by atoms with Crippen LogP contribution in [0, 0.1) is 5.21 Å². The minimum Gasteiger partial charge on any atom is -0.579 e. The van der Waals surface area contributed by atoms with Gasteiger partial charge < -0.3 is 35.5 Å². The molecular weight excluding hydrogens is 678 g/mol. The average Bonchev–Trinajstić information content (AvgIpc) is 3.40. The van der Waals surface area contributed by atoms with Crippen LogP contribution in [0.25, 0.3) is 11.1 Å². The number of carbonyl (C=O) groups is 4. The Morgan fingerprint density at radius 1 is 0.941 bits per heavy atom. The van der Waals surface area contributed by atoms with Gasteiger partial charge in [-0.2, -0.15) is 5.21 Å².